The molecule has 0 radical (unpaired) electrons. The molecule has 0 bridgehead atoms. The van der Waals surface area contributed by atoms with Crippen LogP contribution in [0.15, 0.2) is 42.5 Å². The topological polar surface area (TPSA) is 46.2 Å². The highest BCUT2D eigenvalue weighted by Gasteiger charge is 2.30. The second-order valence-corrected chi connectivity index (χ2v) is 5.12. The Kier molecular flexibility index (Phi) is 4.54. The fourth-order valence-corrected chi connectivity index (χ4v) is 2.12. The third-order valence-electron chi connectivity index (χ3n) is 3.33. The Morgan fingerprint density at radius 1 is 1.04 bits per heavy atom. The van der Waals surface area contributed by atoms with E-state index in [-0.39, 0.29) is 11.3 Å². The van der Waals surface area contributed by atoms with E-state index >= 15 is 0 Å². The minimum absolute atomic E-state index is 0.107. The fraction of sp³-hybridized carbons (Fsp3) is 0.176. The maximum Gasteiger partial charge on any atom is 0.416 e. The zero-order valence-corrected chi connectivity index (χ0v) is 12.5. The normalized spacial score (nSPS) is 11.2. The van der Waals surface area contributed by atoms with Gasteiger partial charge in [0.1, 0.15) is 0 Å². The molecule has 0 heterocycles. The van der Waals surface area contributed by atoms with E-state index in [1.807, 2.05) is 0 Å². The number of ketones is 1. The number of carbonyl (C=O) groups is 2. The summed E-state index contributed by atoms with van der Waals surface area (Å²) in [5.74, 6) is -0.827. The minimum Gasteiger partial charge on any atom is -0.322 e. The Hall–Kier alpha value is -2.63. The lowest BCUT2D eigenvalue weighted by Gasteiger charge is -2.10. The molecule has 3 nitrogen and oxygen atoms in total. The standard InChI is InChI=1S/C17H14F3NO2/c1-10-6-7-14(9-15(10)11(2)22)21-16(23)12-4-3-5-13(8-12)17(18,19)20/h3-9H,1-2H3,(H,21,23). The second-order valence-electron chi connectivity index (χ2n) is 5.12. The number of benzene rings is 2. The predicted octanol–water partition coefficient (Wildman–Crippen LogP) is 4.47. The van der Waals surface area contributed by atoms with Crippen molar-refractivity contribution in [1.29, 1.82) is 0 Å². The molecule has 6 heteroatoms. The Labute approximate surface area is 131 Å². The van der Waals surface area contributed by atoms with Gasteiger partial charge in [-0.25, -0.2) is 0 Å². The van der Waals surface area contributed by atoms with Crippen molar-refractivity contribution in [2.75, 3.05) is 5.32 Å². The van der Waals surface area contributed by atoms with Gasteiger partial charge in [-0.15, -0.1) is 0 Å². The van der Waals surface area contributed by atoms with Crippen LogP contribution in [0.1, 0.15) is 38.8 Å². The summed E-state index contributed by atoms with van der Waals surface area (Å²) >= 11 is 0. The molecule has 2 aromatic carbocycles. The van der Waals surface area contributed by atoms with Crippen LogP contribution in [-0.2, 0) is 6.18 Å². The van der Waals surface area contributed by atoms with Gasteiger partial charge in [-0.3, -0.25) is 9.59 Å². The number of nitrogens with one attached hydrogen (secondary N) is 1. The molecule has 1 amide bonds. The zero-order chi connectivity index (χ0) is 17.2. The summed E-state index contributed by atoms with van der Waals surface area (Å²) in [5.41, 5.74) is 0.563. The number of aryl methyl sites for hydroxylation is 1. The van der Waals surface area contributed by atoms with Gasteiger partial charge in [-0.05, 0) is 49.7 Å². The van der Waals surface area contributed by atoms with Crippen LogP contribution in [0.3, 0.4) is 0 Å². The molecule has 2 aromatic rings. The average molecular weight is 321 g/mol. The van der Waals surface area contributed by atoms with Crippen molar-refractivity contribution in [3.63, 3.8) is 0 Å². The molecular weight excluding hydrogens is 307 g/mol. The van der Waals surface area contributed by atoms with Crippen LogP contribution < -0.4 is 5.32 Å². The quantitative estimate of drug-likeness (QED) is 0.848. The summed E-state index contributed by atoms with van der Waals surface area (Å²) in [6.07, 6.45) is -4.51. The lowest BCUT2D eigenvalue weighted by Crippen LogP contribution is -2.14. The molecule has 0 aliphatic carbocycles. The Morgan fingerprint density at radius 2 is 1.74 bits per heavy atom. The molecule has 120 valence electrons. The monoisotopic (exact) mass is 321 g/mol. The molecule has 0 aliphatic heterocycles. The van der Waals surface area contributed by atoms with Gasteiger partial charge in [0.25, 0.3) is 5.91 Å². The first-order chi connectivity index (χ1) is 10.7. The molecule has 0 saturated carbocycles. The summed E-state index contributed by atoms with van der Waals surface area (Å²) < 4.78 is 38.0. The van der Waals surface area contributed by atoms with Crippen LogP contribution in [-0.4, -0.2) is 11.7 Å². The number of halogens is 3. The van der Waals surface area contributed by atoms with E-state index in [0.717, 1.165) is 17.7 Å². The number of hydrogen-bond acceptors (Lipinski definition) is 2. The number of rotatable bonds is 3. The van der Waals surface area contributed by atoms with E-state index in [4.69, 9.17) is 0 Å². The molecule has 0 aliphatic rings. The van der Waals surface area contributed by atoms with Gasteiger partial charge < -0.3 is 5.32 Å². The largest absolute Gasteiger partial charge is 0.416 e. The second kappa shape index (κ2) is 6.24. The van der Waals surface area contributed by atoms with Crippen molar-refractivity contribution in [3.05, 3.63) is 64.7 Å². The number of alkyl halides is 3. The van der Waals surface area contributed by atoms with Gasteiger partial charge in [0, 0.05) is 16.8 Å². The lowest BCUT2D eigenvalue weighted by molar-refractivity contribution is -0.137. The van der Waals surface area contributed by atoms with Crippen molar-refractivity contribution in [2.24, 2.45) is 0 Å². The van der Waals surface area contributed by atoms with Crippen molar-refractivity contribution >= 4 is 17.4 Å². The van der Waals surface area contributed by atoms with E-state index in [2.05, 4.69) is 5.32 Å². The lowest BCUT2D eigenvalue weighted by atomic mass is 10.0. The number of anilines is 1. The first kappa shape index (κ1) is 16.7. The van der Waals surface area contributed by atoms with E-state index in [1.54, 1.807) is 19.1 Å². The van der Waals surface area contributed by atoms with Crippen LogP contribution in [0.25, 0.3) is 0 Å². The smallest absolute Gasteiger partial charge is 0.322 e. The molecule has 2 rings (SSSR count). The van der Waals surface area contributed by atoms with Gasteiger partial charge >= 0.3 is 6.18 Å². The number of carbonyl (C=O) groups excluding carboxylic acids is 2. The number of amides is 1. The van der Waals surface area contributed by atoms with Crippen molar-refractivity contribution in [1.82, 2.24) is 0 Å². The molecule has 1 N–H and O–H groups in total. The molecule has 0 atom stereocenters. The van der Waals surface area contributed by atoms with E-state index < -0.39 is 17.6 Å². The predicted molar refractivity (Wildman–Crippen MR) is 80.6 cm³/mol. The minimum atomic E-state index is -4.51. The van der Waals surface area contributed by atoms with Crippen LogP contribution >= 0.6 is 0 Å². The van der Waals surface area contributed by atoms with Gasteiger partial charge in [0.05, 0.1) is 5.56 Å². The highest BCUT2D eigenvalue weighted by Crippen LogP contribution is 2.29. The molecule has 23 heavy (non-hydrogen) atoms. The average Bonchev–Trinajstić information content (AvgIpc) is 2.48. The summed E-state index contributed by atoms with van der Waals surface area (Å²) in [6, 6.07) is 8.92. The van der Waals surface area contributed by atoms with Gasteiger partial charge in [0.15, 0.2) is 5.78 Å². The van der Waals surface area contributed by atoms with Gasteiger partial charge in [0.2, 0.25) is 0 Å². The van der Waals surface area contributed by atoms with Crippen LogP contribution in [0, 0.1) is 6.92 Å². The summed E-state index contributed by atoms with van der Waals surface area (Å²) in [4.78, 5) is 23.6. The van der Waals surface area contributed by atoms with E-state index in [1.165, 1.54) is 25.1 Å². The first-order valence-electron chi connectivity index (χ1n) is 6.78. The van der Waals surface area contributed by atoms with Crippen molar-refractivity contribution in [3.8, 4) is 0 Å². The highest BCUT2D eigenvalue weighted by atomic mass is 19.4. The zero-order valence-electron chi connectivity index (χ0n) is 12.5. The van der Waals surface area contributed by atoms with Crippen molar-refractivity contribution < 1.29 is 22.8 Å². The Balaban J connectivity index is 2.26. The Bertz CT molecular complexity index is 767. The van der Waals surface area contributed by atoms with Gasteiger partial charge in [-0.2, -0.15) is 13.2 Å². The summed E-state index contributed by atoms with van der Waals surface area (Å²) in [7, 11) is 0. The molecule has 0 spiro atoms. The molecule has 0 fully saturated rings. The summed E-state index contributed by atoms with van der Waals surface area (Å²) in [6.45, 7) is 3.16. The molecular formula is C17H14F3NO2. The first-order valence-corrected chi connectivity index (χ1v) is 6.78. The van der Waals surface area contributed by atoms with Crippen molar-refractivity contribution in [2.45, 2.75) is 20.0 Å². The maximum absolute atomic E-state index is 12.7. The SMILES string of the molecule is CC(=O)c1cc(NC(=O)c2cccc(C(F)(F)F)c2)ccc1C. The fourth-order valence-electron chi connectivity index (χ4n) is 2.12. The number of Topliss-reactive ketones (excluding diaryl/α,β-unsaturated/α-hetero) is 1. The molecule has 0 saturated heterocycles. The Morgan fingerprint density at radius 3 is 2.35 bits per heavy atom. The third kappa shape index (κ3) is 3.97. The van der Waals surface area contributed by atoms with Crippen LogP contribution in [0.4, 0.5) is 18.9 Å². The van der Waals surface area contributed by atoms with Crippen LogP contribution in [0.2, 0.25) is 0 Å². The number of hydrogen-bond donors (Lipinski definition) is 1. The molecule has 0 unspecified atom stereocenters. The third-order valence-corrected chi connectivity index (χ3v) is 3.33. The van der Waals surface area contributed by atoms with Crippen LogP contribution in [0.5, 0.6) is 0 Å². The van der Waals surface area contributed by atoms with Gasteiger partial charge in [-0.1, -0.05) is 12.1 Å². The van der Waals surface area contributed by atoms with E-state index in [9.17, 15) is 22.8 Å². The highest BCUT2D eigenvalue weighted by molar-refractivity contribution is 6.05. The van der Waals surface area contributed by atoms with E-state index in [0.29, 0.717) is 11.3 Å². The maximum atomic E-state index is 12.7. The molecule has 0 aromatic heterocycles. The summed E-state index contributed by atoms with van der Waals surface area (Å²) in [5, 5.41) is 2.50.